The standard InChI is InChI=1S/C14H15NO3S/c1-4-17-13(16)11-5-7-12(8-6-11)18-14-15-9(2)10(3)19-14/h5-8H,4H2,1-3H3. The summed E-state index contributed by atoms with van der Waals surface area (Å²) in [5, 5.41) is 0.610. The summed E-state index contributed by atoms with van der Waals surface area (Å²) < 4.78 is 10.5. The molecule has 0 aliphatic rings. The molecule has 100 valence electrons. The predicted octanol–water partition coefficient (Wildman–Crippen LogP) is 3.73. The van der Waals surface area contributed by atoms with E-state index in [1.807, 2.05) is 13.8 Å². The Morgan fingerprint density at radius 3 is 2.47 bits per heavy atom. The van der Waals surface area contributed by atoms with Crippen LogP contribution in [0.15, 0.2) is 24.3 Å². The van der Waals surface area contributed by atoms with Crippen molar-refractivity contribution in [3.63, 3.8) is 0 Å². The van der Waals surface area contributed by atoms with E-state index in [-0.39, 0.29) is 5.97 Å². The van der Waals surface area contributed by atoms with Crippen molar-refractivity contribution in [3.05, 3.63) is 40.4 Å². The number of ether oxygens (including phenoxy) is 2. The lowest BCUT2D eigenvalue weighted by Gasteiger charge is -2.04. The van der Waals surface area contributed by atoms with E-state index < -0.39 is 0 Å². The molecule has 5 heteroatoms. The van der Waals surface area contributed by atoms with Crippen LogP contribution in [0.2, 0.25) is 0 Å². The fourth-order valence-electron chi connectivity index (χ4n) is 1.46. The molecule has 1 aromatic heterocycles. The van der Waals surface area contributed by atoms with Crippen molar-refractivity contribution in [2.24, 2.45) is 0 Å². The summed E-state index contributed by atoms with van der Waals surface area (Å²) in [6.45, 7) is 6.10. The topological polar surface area (TPSA) is 48.4 Å². The highest BCUT2D eigenvalue weighted by Crippen LogP contribution is 2.28. The second-order valence-corrected chi connectivity index (χ2v) is 5.13. The van der Waals surface area contributed by atoms with Gasteiger partial charge in [-0.25, -0.2) is 9.78 Å². The maximum atomic E-state index is 11.5. The Labute approximate surface area is 116 Å². The van der Waals surface area contributed by atoms with E-state index >= 15 is 0 Å². The largest absolute Gasteiger partial charge is 0.462 e. The lowest BCUT2D eigenvalue weighted by Crippen LogP contribution is -2.03. The maximum Gasteiger partial charge on any atom is 0.338 e. The zero-order valence-electron chi connectivity index (χ0n) is 11.1. The van der Waals surface area contributed by atoms with Crippen LogP contribution in [-0.4, -0.2) is 17.6 Å². The summed E-state index contributed by atoms with van der Waals surface area (Å²) in [6, 6.07) is 6.83. The SMILES string of the molecule is CCOC(=O)c1ccc(Oc2nc(C)c(C)s2)cc1. The van der Waals surface area contributed by atoms with Crippen LogP contribution in [0, 0.1) is 13.8 Å². The average molecular weight is 277 g/mol. The molecular weight excluding hydrogens is 262 g/mol. The zero-order chi connectivity index (χ0) is 13.8. The van der Waals surface area contributed by atoms with Crippen molar-refractivity contribution in [2.45, 2.75) is 20.8 Å². The van der Waals surface area contributed by atoms with Crippen molar-refractivity contribution in [2.75, 3.05) is 6.61 Å². The van der Waals surface area contributed by atoms with Gasteiger partial charge in [0.2, 0.25) is 0 Å². The van der Waals surface area contributed by atoms with Crippen LogP contribution >= 0.6 is 11.3 Å². The van der Waals surface area contributed by atoms with E-state index in [0.29, 0.717) is 23.1 Å². The van der Waals surface area contributed by atoms with Crippen LogP contribution in [0.1, 0.15) is 27.9 Å². The molecule has 0 N–H and O–H groups in total. The van der Waals surface area contributed by atoms with Crippen LogP contribution in [0.25, 0.3) is 0 Å². The van der Waals surface area contributed by atoms with Crippen molar-refractivity contribution < 1.29 is 14.3 Å². The fraction of sp³-hybridized carbons (Fsp3) is 0.286. The molecule has 1 aromatic carbocycles. The molecule has 0 saturated heterocycles. The highest BCUT2D eigenvalue weighted by Gasteiger charge is 2.08. The lowest BCUT2D eigenvalue weighted by molar-refractivity contribution is 0.0526. The Balaban J connectivity index is 2.08. The Morgan fingerprint density at radius 2 is 1.95 bits per heavy atom. The molecule has 0 saturated carbocycles. The number of nitrogens with zero attached hydrogens (tertiary/aromatic N) is 1. The quantitative estimate of drug-likeness (QED) is 0.799. The van der Waals surface area contributed by atoms with Gasteiger partial charge < -0.3 is 9.47 Å². The maximum absolute atomic E-state index is 11.5. The monoisotopic (exact) mass is 277 g/mol. The van der Waals surface area contributed by atoms with Crippen LogP contribution < -0.4 is 4.74 Å². The van der Waals surface area contributed by atoms with Crippen LogP contribution in [0.5, 0.6) is 10.9 Å². The van der Waals surface area contributed by atoms with Gasteiger partial charge in [0.1, 0.15) is 5.75 Å². The molecule has 2 rings (SSSR count). The summed E-state index contributed by atoms with van der Waals surface area (Å²) in [7, 11) is 0. The molecule has 2 aromatic rings. The number of benzene rings is 1. The molecule has 0 unspecified atom stereocenters. The average Bonchev–Trinajstić information content (AvgIpc) is 2.69. The summed E-state index contributed by atoms with van der Waals surface area (Å²) >= 11 is 1.50. The third-order valence-corrected chi connectivity index (χ3v) is 3.53. The van der Waals surface area contributed by atoms with Gasteiger partial charge in [0.15, 0.2) is 0 Å². The molecule has 0 amide bonds. The molecule has 0 aliphatic carbocycles. The van der Waals surface area contributed by atoms with E-state index in [2.05, 4.69) is 4.98 Å². The minimum absolute atomic E-state index is 0.324. The normalized spacial score (nSPS) is 10.3. The Kier molecular flexibility index (Phi) is 4.16. The summed E-state index contributed by atoms with van der Waals surface area (Å²) in [5.41, 5.74) is 1.49. The van der Waals surface area contributed by atoms with Crippen LogP contribution in [0.3, 0.4) is 0 Å². The minimum Gasteiger partial charge on any atom is -0.462 e. The molecule has 0 spiro atoms. The number of hydrogen-bond acceptors (Lipinski definition) is 5. The van der Waals surface area contributed by atoms with Gasteiger partial charge in [0, 0.05) is 4.88 Å². The van der Waals surface area contributed by atoms with E-state index in [4.69, 9.17) is 9.47 Å². The van der Waals surface area contributed by atoms with Crippen molar-refractivity contribution in [3.8, 4) is 10.9 Å². The molecule has 19 heavy (non-hydrogen) atoms. The first-order valence-corrected chi connectivity index (χ1v) is 6.81. The third kappa shape index (κ3) is 3.32. The summed E-state index contributed by atoms with van der Waals surface area (Å²) in [5.74, 6) is 0.330. The molecule has 0 atom stereocenters. The molecule has 4 nitrogen and oxygen atoms in total. The van der Waals surface area contributed by atoms with E-state index in [1.54, 1.807) is 31.2 Å². The second-order valence-electron chi connectivity index (χ2n) is 3.97. The molecular formula is C14H15NO3S. The number of rotatable bonds is 4. The number of aryl methyl sites for hydroxylation is 2. The van der Waals surface area contributed by atoms with Crippen molar-refractivity contribution >= 4 is 17.3 Å². The van der Waals surface area contributed by atoms with Gasteiger partial charge in [-0.05, 0) is 45.0 Å². The number of hydrogen-bond donors (Lipinski definition) is 0. The third-order valence-electron chi connectivity index (χ3n) is 2.58. The van der Waals surface area contributed by atoms with E-state index in [0.717, 1.165) is 10.6 Å². The van der Waals surface area contributed by atoms with Gasteiger partial charge in [-0.15, -0.1) is 0 Å². The Hall–Kier alpha value is -1.88. The molecule has 0 aliphatic heterocycles. The summed E-state index contributed by atoms with van der Waals surface area (Å²) in [4.78, 5) is 16.9. The molecule has 0 fully saturated rings. The first kappa shape index (κ1) is 13.5. The fourth-order valence-corrected chi connectivity index (χ4v) is 2.24. The highest BCUT2D eigenvalue weighted by atomic mass is 32.1. The van der Waals surface area contributed by atoms with Gasteiger partial charge in [-0.1, -0.05) is 11.3 Å². The summed E-state index contributed by atoms with van der Waals surface area (Å²) in [6.07, 6.45) is 0. The minimum atomic E-state index is -0.324. The smallest absolute Gasteiger partial charge is 0.338 e. The van der Waals surface area contributed by atoms with Gasteiger partial charge in [-0.3, -0.25) is 0 Å². The number of aromatic nitrogens is 1. The van der Waals surface area contributed by atoms with Gasteiger partial charge in [0.25, 0.3) is 5.19 Å². The zero-order valence-corrected chi connectivity index (χ0v) is 11.9. The number of carbonyl (C=O) groups excluding carboxylic acids is 1. The Bertz CT molecular complexity index is 555. The van der Waals surface area contributed by atoms with Crippen molar-refractivity contribution in [1.29, 1.82) is 0 Å². The lowest BCUT2D eigenvalue weighted by atomic mass is 10.2. The number of thiazole rings is 1. The van der Waals surface area contributed by atoms with Gasteiger partial charge in [-0.2, -0.15) is 0 Å². The molecule has 0 radical (unpaired) electrons. The van der Waals surface area contributed by atoms with E-state index in [9.17, 15) is 4.79 Å². The van der Waals surface area contributed by atoms with Gasteiger partial charge >= 0.3 is 5.97 Å². The number of carbonyl (C=O) groups is 1. The van der Waals surface area contributed by atoms with Crippen LogP contribution in [-0.2, 0) is 4.74 Å². The second kappa shape index (κ2) is 5.84. The predicted molar refractivity (Wildman–Crippen MR) is 74.1 cm³/mol. The molecule has 0 bridgehead atoms. The first-order chi connectivity index (χ1) is 9.10. The van der Waals surface area contributed by atoms with Crippen LogP contribution in [0.4, 0.5) is 0 Å². The van der Waals surface area contributed by atoms with Gasteiger partial charge in [0.05, 0.1) is 17.9 Å². The Morgan fingerprint density at radius 1 is 1.26 bits per heavy atom. The highest BCUT2D eigenvalue weighted by molar-refractivity contribution is 7.13. The number of esters is 1. The first-order valence-electron chi connectivity index (χ1n) is 5.99. The van der Waals surface area contributed by atoms with Crippen molar-refractivity contribution in [1.82, 2.24) is 4.98 Å². The van der Waals surface area contributed by atoms with E-state index in [1.165, 1.54) is 11.3 Å². The molecule has 1 heterocycles.